The van der Waals surface area contributed by atoms with Gasteiger partial charge >= 0.3 is 11.9 Å². The number of rotatable bonds is 29. The number of carboxylic acids is 3. The van der Waals surface area contributed by atoms with Gasteiger partial charge in [0.15, 0.2) is 0 Å². The van der Waals surface area contributed by atoms with Gasteiger partial charge in [-0.05, 0) is 57.8 Å². The maximum Gasteiger partial charge on any atom is 0.312 e. The van der Waals surface area contributed by atoms with Crippen LogP contribution in [0, 0.1) is 17.8 Å². The van der Waals surface area contributed by atoms with Crippen LogP contribution in [0.5, 0.6) is 0 Å². The van der Waals surface area contributed by atoms with E-state index in [1.165, 1.54) is 70.6 Å². The van der Waals surface area contributed by atoms with Gasteiger partial charge in [-0.3, -0.25) is 9.59 Å². The van der Waals surface area contributed by atoms with Crippen LogP contribution in [-0.4, -0.2) is 58.8 Å². The number of hydrogen-bond acceptors (Lipinski definition) is 4. The molecule has 0 spiro atoms. The second-order valence-corrected chi connectivity index (χ2v) is 12.2. The van der Waals surface area contributed by atoms with Gasteiger partial charge in [0.2, 0.25) is 0 Å². The molecule has 0 fully saturated rings. The molecule has 0 amide bonds. The molecule has 0 heterocycles. The Labute approximate surface area is 251 Å². The Kier molecular flexibility index (Phi) is 23.5. The first-order valence-corrected chi connectivity index (χ1v) is 16.8. The van der Waals surface area contributed by atoms with Crippen LogP contribution in [-0.2, 0) is 14.4 Å². The fraction of sp³-hybridized carbons (Fsp3) is 0.853. The molecule has 0 aromatic carbocycles. The summed E-state index contributed by atoms with van der Waals surface area (Å²) in [5.74, 6) is -4.95. The lowest BCUT2D eigenvalue weighted by Gasteiger charge is -2.44. The zero-order valence-electron chi connectivity index (χ0n) is 26.9. The molecular weight excluding hydrogens is 518 g/mol. The van der Waals surface area contributed by atoms with E-state index in [1.807, 2.05) is 13.8 Å². The molecule has 41 heavy (non-hydrogen) atoms. The van der Waals surface area contributed by atoms with Crippen molar-refractivity contribution in [3.05, 3.63) is 12.2 Å². The van der Waals surface area contributed by atoms with Gasteiger partial charge in [-0.15, -0.1) is 0 Å². The van der Waals surface area contributed by atoms with Gasteiger partial charge in [-0.2, -0.15) is 0 Å². The van der Waals surface area contributed by atoms with Crippen molar-refractivity contribution >= 4 is 17.9 Å². The summed E-state index contributed by atoms with van der Waals surface area (Å²) in [5, 5.41) is 31.5. The standard InChI is InChI=1S/C34H63NO6/c1-5-9-10-11-12-13-14-15-16-17-18-19-20-21-22-23-24-25-35(26-29(6-2)32(36)37,27-30(7-3)33(38)39)28-31(8-4)34(40)41/h13-14,29-31H,5-12,15-28H2,1-4H3,(H2-,36,37,38,39,40,41)/b14-13+. The highest BCUT2D eigenvalue weighted by Gasteiger charge is 2.39. The van der Waals surface area contributed by atoms with Crippen LogP contribution in [0.25, 0.3) is 0 Å². The van der Waals surface area contributed by atoms with Crippen LogP contribution in [0.3, 0.4) is 0 Å². The van der Waals surface area contributed by atoms with Crippen molar-refractivity contribution in [2.45, 2.75) is 143 Å². The van der Waals surface area contributed by atoms with Gasteiger partial charge in [-0.25, -0.2) is 0 Å². The van der Waals surface area contributed by atoms with E-state index in [-0.39, 0.29) is 24.1 Å². The normalized spacial score (nSPS) is 15.4. The number of unbranched alkanes of at least 4 members (excludes halogenated alkanes) is 13. The zero-order chi connectivity index (χ0) is 30.9. The van der Waals surface area contributed by atoms with Crippen LogP contribution in [0.2, 0.25) is 0 Å². The number of allylic oxidation sites excluding steroid dienone is 2. The third-order valence-electron chi connectivity index (χ3n) is 8.73. The SMILES string of the molecule is CCCCCC/C=C/CCCCCCCCCCC[N+](CC(CC)C(=O)[O-])(CC(CC)C(=O)O)CC(CC)C(=O)O. The average Bonchev–Trinajstić information content (AvgIpc) is 2.94. The average molecular weight is 582 g/mol. The predicted molar refractivity (Wildman–Crippen MR) is 165 cm³/mol. The highest BCUT2D eigenvalue weighted by atomic mass is 16.4. The number of carboxylic acid groups (broad SMARTS) is 3. The molecule has 7 heteroatoms. The molecule has 0 aliphatic rings. The van der Waals surface area contributed by atoms with Gasteiger partial charge in [0.05, 0.1) is 32.1 Å². The van der Waals surface area contributed by atoms with E-state index in [0.29, 0.717) is 25.8 Å². The number of nitrogens with zero attached hydrogens (tertiary/aromatic N) is 1. The summed E-state index contributed by atoms with van der Waals surface area (Å²) >= 11 is 0. The summed E-state index contributed by atoms with van der Waals surface area (Å²) in [6, 6.07) is 0. The van der Waals surface area contributed by atoms with Crippen molar-refractivity contribution < 1.29 is 34.2 Å². The van der Waals surface area contributed by atoms with Gasteiger partial charge in [0, 0.05) is 5.92 Å². The lowest BCUT2D eigenvalue weighted by atomic mass is 9.95. The summed E-state index contributed by atoms with van der Waals surface area (Å²) < 4.78 is 0.218. The first kappa shape index (κ1) is 39.1. The third kappa shape index (κ3) is 19.0. The van der Waals surface area contributed by atoms with Crippen LogP contribution in [0.15, 0.2) is 12.2 Å². The van der Waals surface area contributed by atoms with Crippen molar-refractivity contribution in [3.63, 3.8) is 0 Å². The summed E-state index contributed by atoms with van der Waals surface area (Å²) in [4.78, 5) is 35.8. The minimum absolute atomic E-state index is 0.218. The Hall–Kier alpha value is -1.89. The maximum absolute atomic E-state index is 12.0. The number of carbonyl (C=O) groups is 3. The quantitative estimate of drug-likeness (QED) is 0.0547. The molecule has 0 saturated heterocycles. The van der Waals surface area contributed by atoms with Crippen LogP contribution >= 0.6 is 0 Å². The van der Waals surface area contributed by atoms with Gasteiger partial charge in [0.1, 0.15) is 11.8 Å². The van der Waals surface area contributed by atoms with E-state index < -0.39 is 35.7 Å². The Morgan fingerprint density at radius 2 is 0.951 bits per heavy atom. The van der Waals surface area contributed by atoms with E-state index in [4.69, 9.17) is 0 Å². The van der Waals surface area contributed by atoms with Crippen molar-refractivity contribution in [3.8, 4) is 0 Å². The minimum Gasteiger partial charge on any atom is -0.550 e. The maximum atomic E-state index is 12.0. The largest absolute Gasteiger partial charge is 0.550 e. The molecular formula is C34H63NO6. The summed E-state index contributed by atoms with van der Waals surface area (Å²) in [7, 11) is 0. The fourth-order valence-electron chi connectivity index (χ4n) is 5.91. The lowest BCUT2D eigenvalue weighted by Crippen LogP contribution is -2.59. The third-order valence-corrected chi connectivity index (χ3v) is 8.73. The van der Waals surface area contributed by atoms with Crippen molar-refractivity contribution in [2.75, 3.05) is 26.2 Å². The van der Waals surface area contributed by atoms with Gasteiger partial charge < -0.3 is 24.6 Å². The van der Waals surface area contributed by atoms with E-state index in [2.05, 4.69) is 19.1 Å². The van der Waals surface area contributed by atoms with E-state index >= 15 is 0 Å². The Bertz CT molecular complexity index is 662. The first-order chi connectivity index (χ1) is 19.7. The topological polar surface area (TPSA) is 115 Å². The molecule has 0 aromatic heterocycles. The molecule has 0 aliphatic heterocycles. The summed E-state index contributed by atoms with van der Waals surface area (Å²) in [6.45, 7) is 9.03. The zero-order valence-corrected chi connectivity index (χ0v) is 26.9. The predicted octanol–water partition coefficient (Wildman–Crippen LogP) is 7.23. The monoisotopic (exact) mass is 581 g/mol. The molecule has 3 unspecified atom stereocenters. The number of carbonyl (C=O) groups excluding carboxylic acids is 1. The van der Waals surface area contributed by atoms with Crippen LogP contribution < -0.4 is 5.11 Å². The number of aliphatic carboxylic acids is 3. The van der Waals surface area contributed by atoms with Crippen molar-refractivity contribution in [1.82, 2.24) is 0 Å². The van der Waals surface area contributed by atoms with Crippen molar-refractivity contribution in [2.24, 2.45) is 17.8 Å². The molecule has 0 bridgehead atoms. The molecule has 3 atom stereocenters. The second-order valence-electron chi connectivity index (χ2n) is 12.2. The molecule has 7 nitrogen and oxygen atoms in total. The molecule has 0 radical (unpaired) electrons. The molecule has 0 aromatic rings. The van der Waals surface area contributed by atoms with Crippen LogP contribution in [0.4, 0.5) is 0 Å². The lowest BCUT2D eigenvalue weighted by molar-refractivity contribution is -0.935. The summed E-state index contributed by atoms with van der Waals surface area (Å²) in [5.41, 5.74) is 0. The second kappa shape index (κ2) is 24.7. The highest BCUT2D eigenvalue weighted by molar-refractivity contribution is 5.70. The first-order valence-electron chi connectivity index (χ1n) is 16.8. The highest BCUT2D eigenvalue weighted by Crippen LogP contribution is 2.25. The minimum atomic E-state index is -1.14. The van der Waals surface area contributed by atoms with Crippen LogP contribution in [0.1, 0.15) is 143 Å². The smallest absolute Gasteiger partial charge is 0.312 e. The van der Waals surface area contributed by atoms with Gasteiger partial charge in [0.25, 0.3) is 0 Å². The number of quaternary nitrogens is 1. The van der Waals surface area contributed by atoms with E-state index in [1.54, 1.807) is 6.92 Å². The Morgan fingerprint density at radius 3 is 1.32 bits per heavy atom. The van der Waals surface area contributed by atoms with E-state index in [0.717, 1.165) is 25.7 Å². The summed E-state index contributed by atoms with van der Waals surface area (Å²) in [6.07, 6.45) is 24.0. The molecule has 240 valence electrons. The molecule has 0 rings (SSSR count). The van der Waals surface area contributed by atoms with Crippen molar-refractivity contribution in [1.29, 1.82) is 0 Å². The Balaban J connectivity index is 4.79. The molecule has 0 saturated carbocycles. The van der Waals surface area contributed by atoms with E-state index in [9.17, 15) is 29.7 Å². The molecule has 0 aliphatic carbocycles. The van der Waals surface area contributed by atoms with Gasteiger partial charge in [-0.1, -0.05) is 97.6 Å². The molecule has 2 N–H and O–H groups in total. The fourth-order valence-corrected chi connectivity index (χ4v) is 5.91. The Morgan fingerprint density at radius 1 is 0.585 bits per heavy atom. The number of hydrogen-bond donors (Lipinski definition) is 2.